The first-order chi connectivity index (χ1) is 5.12. The quantitative estimate of drug-likeness (QED) is 0.535. The molecule has 0 aromatic rings. The predicted molar refractivity (Wildman–Crippen MR) is 37.9 cm³/mol. The summed E-state index contributed by atoms with van der Waals surface area (Å²) in [4.78, 5) is 0. The van der Waals surface area contributed by atoms with Crippen LogP contribution in [0.15, 0.2) is 10.2 Å². The van der Waals surface area contributed by atoms with Crippen LogP contribution in [0.5, 0.6) is 0 Å². The molecule has 2 rings (SSSR count). The molecule has 2 aliphatic heterocycles. The topological polar surface area (TPSA) is 43.2 Å². The number of hydrogen-bond acceptors (Lipinski definition) is 4. The van der Waals surface area contributed by atoms with E-state index < -0.39 is 11.6 Å². The molecule has 1 fully saturated rings. The molecule has 2 aliphatic rings. The first-order valence-corrected chi connectivity index (χ1v) is 3.90. The summed E-state index contributed by atoms with van der Waals surface area (Å²) < 4.78 is 10.9. The second-order valence-corrected chi connectivity index (χ2v) is 3.41. The maximum atomic E-state index is 5.54. The van der Waals surface area contributed by atoms with Gasteiger partial charge in [-0.05, 0) is 20.3 Å². The van der Waals surface area contributed by atoms with Crippen LogP contribution in [-0.2, 0) is 9.47 Å². The molecule has 2 heterocycles. The Labute approximate surface area is 65.6 Å². The lowest BCUT2D eigenvalue weighted by molar-refractivity contribution is -0.227. The predicted octanol–water partition coefficient (Wildman–Crippen LogP) is 1.67. The summed E-state index contributed by atoms with van der Waals surface area (Å²) in [5.41, 5.74) is -0.496. The van der Waals surface area contributed by atoms with Crippen molar-refractivity contribution in [3.05, 3.63) is 0 Å². The van der Waals surface area contributed by atoms with Gasteiger partial charge in [-0.3, -0.25) is 0 Å². The molecule has 0 aliphatic carbocycles. The van der Waals surface area contributed by atoms with E-state index in [1.54, 1.807) is 0 Å². The van der Waals surface area contributed by atoms with Crippen molar-refractivity contribution in [2.75, 3.05) is 6.61 Å². The van der Waals surface area contributed by atoms with Crippen molar-refractivity contribution >= 4 is 0 Å². The van der Waals surface area contributed by atoms with Crippen LogP contribution in [0.25, 0.3) is 0 Å². The number of rotatable bonds is 0. The summed E-state index contributed by atoms with van der Waals surface area (Å²) in [6, 6.07) is 0. The monoisotopic (exact) mass is 156 g/mol. The van der Waals surface area contributed by atoms with E-state index in [9.17, 15) is 0 Å². The van der Waals surface area contributed by atoms with E-state index in [0.29, 0.717) is 0 Å². The number of azo groups is 1. The van der Waals surface area contributed by atoms with Crippen LogP contribution >= 0.6 is 0 Å². The van der Waals surface area contributed by atoms with Gasteiger partial charge in [0.15, 0.2) is 5.72 Å². The average Bonchev–Trinajstić information content (AvgIpc) is 2.43. The largest absolute Gasteiger partial charge is 0.330 e. The van der Waals surface area contributed by atoms with Gasteiger partial charge in [0.1, 0.15) is 0 Å². The fourth-order valence-electron chi connectivity index (χ4n) is 1.39. The van der Waals surface area contributed by atoms with Crippen LogP contribution in [0.3, 0.4) is 0 Å². The Hall–Kier alpha value is -0.480. The second-order valence-electron chi connectivity index (χ2n) is 3.41. The summed E-state index contributed by atoms with van der Waals surface area (Å²) in [6.07, 6.45) is 1.84. The van der Waals surface area contributed by atoms with E-state index in [0.717, 1.165) is 19.4 Å². The van der Waals surface area contributed by atoms with Gasteiger partial charge in [-0.15, -0.1) is 5.11 Å². The van der Waals surface area contributed by atoms with Gasteiger partial charge >= 0.3 is 0 Å². The van der Waals surface area contributed by atoms with Gasteiger partial charge in [-0.25, -0.2) is 0 Å². The maximum absolute atomic E-state index is 5.54. The van der Waals surface area contributed by atoms with Crippen LogP contribution in [0, 0.1) is 0 Å². The van der Waals surface area contributed by atoms with Gasteiger partial charge in [0.25, 0.3) is 5.91 Å². The third kappa shape index (κ3) is 1.16. The zero-order valence-corrected chi connectivity index (χ0v) is 6.83. The zero-order chi connectivity index (χ0) is 7.95. The highest BCUT2D eigenvalue weighted by Gasteiger charge is 2.46. The third-order valence-electron chi connectivity index (χ3n) is 1.82. The summed E-state index contributed by atoms with van der Waals surface area (Å²) >= 11 is 0. The third-order valence-corrected chi connectivity index (χ3v) is 1.82. The van der Waals surface area contributed by atoms with E-state index in [1.807, 2.05) is 13.8 Å². The van der Waals surface area contributed by atoms with Gasteiger partial charge < -0.3 is 9.47 Å². The summed E-state index contributed by atoms with van der Waals surface area (Å²) in [7, 11) is 0. The van der Waals surface area contributed by atoms with Crippen molar-refractivity contribution in [1.29, 1.82) is 0 Å². The van der Waals surface area contributed by atoms with Gasteiger partial charge in [-0.2, -0.15) is 5.11 Å². The number of nitrogens with zero attached hydrogens (tertiary/aromatic N) is 2. The molecule has 0 aromatic heterocycles. The van der Waals surface area contributed by atoms with Crippen molar-refractivity contribution in [2.45, 2.75) is 38.3 Å². The minimum atomic E-state index is -0.719. The summed E-state index contributed by atoms with van der Waals surface area (Å²) in [6.45, 7) is 4.50. The molecule has 4 nitrogen and oxygen atoms in total. The Balaban J connectivity index is 2.15. The van der Waals surface area contributed by atoms with E-state index >= 15 is 0 Å². The minimum Gasteiger partial charge on any atom is -0.330 e. The molecule has 1 unspecified atom stereocenters. The van der Waals surface area contributed by atoms with Gasteiger partial charge in [0, 0.05) is 6.42 Å². The molecule has 11 heavy (non-hydrogen) atoms. The zero-order valence-electron chi connectivity index (χ0n) is 6.83. The van der Waals surface area contributed by atoms with E-state index in [-0.39, 0.29) is 0 Å². The summed E-state index contributed by atoms with van der Waals surface area (Å²) in [5, 5.41) is 7.98. The van der Waals surface area contributed by atoms with Gasteiger partial charge in [-0.1, -0.05) is 0 Å². The first-order valence-electron chi connectivity index (χ1n) is 3.90. The molecule has 1 saturated heterocycles. The Morgan fingerprint density at radius 2 is 2.09 bits per heavy atom. The second kappa shape index (κ2) is 2.01. The van der Waals surface area contributed by atoms with Crippen molar-refractivity contribution in [3.8, 4) is 0 Å². The van der Waals surface area contributed by atoms with E-state index in [4.69, 9.17) is 9.47 Å². The lowest BCUT2D eigenvalue weighted by Gasteiger charge is -2.21. The fraction of sp³-hybridized carbons (Fsp3) is 1.00. The van der Waals surface area contributed by atoms with Crippen molar-refractivity contribution < 1.29 is 9.47 Å². The Morgan fingerprint density at radius 3 is 2.55 bits per heavy atom. The molecule has 0 aromatic carbocycles. The highest BCUT2D eigenvalue weighted by molar-refractivity contribution is 4.81. The van der Waals surface area contributed by atoms with Crippen molar-refractivity contribution in [3.63, 3.8) is 0 Å². The Morgan fingerprint density at radius 1 is 1.27 bits per heavy atom. The molecule has 0 N–H and O–H groups in total. The lowest BCUT2D eigenvalue weighted by atomic mass is 10.3. The van der Waals surface area contributed by atoms with Crippen molar-refractivity contribution in [1.82, 2.24) is 0 Å². The average molecular weight is 156 g/mol. The summed E-state index contributed by atoms with van der Waals surface area (Å²) in [5.74, 6) is -0.719. The van der Waals surface area contributed by atoms with Crippen LogP contribution in [0.1, 0.15) is 26.7 Å². The molecule has 62 valence electrons. The molecule has 0 saturated carbocycles. The van der Waals surface area contributed by atoms with Crippen LogP contribution in [-0.4, -0.2) is 18.2 Å². The van der Waals surface area contributed by atoms with Gasteiger partial charge in [0.2, 0.25) is 0 Å². The number of ether oxygens (including phenoxy) is 2. The van der Waals surface area contributed by atoms with Crippen molar-refractivity contribution in [2.24, 2.45) is 10.2 Å². The maximum Gasteiger partial charge on any atom is 0.290 e. The molecular formula is C7H12N2O2. The SMILES string of the molecule is CC1(C)N=NC2(CCCO2)O1. The van der Waals surface area contributed by atoms with Crippen LogP contribution in [0.4, 0.5) is 0 Å². The standard InChI is InChI=1S/C7H12N2O2/c1-6(2)8-9-7(11-6)4-3-5-10-7/h3-5H2,1-2H3. The normalized spacial score (nSPS) is 40.5. The molecule has 1 atom stereocenters. The Bertz CT molecular complexity index is 195. The Kier molecular flexibility index (Phi) is 1.32. The molecule has 0 amide bonds. The lowest BCUT2D eigenvalue weighted by Crippen LogP contribution is -2.31. The first kappa shape index (κ1) is 7.18. The minimum absolute atomic E-state index is 0.496. The smallest absolute Gasteiger partial charge is 0.290 e. The highest BCUT2D eigenvalue weighted by atomic mass is 16.7. The highest BCUT2D eigenvalue weighted by Crippen LogP contribution is 2.38. The van der Waals surface area contributed by atoms with Gasteiger partial charge in [0.05, 0.1) is 6.61 Å². The van der Waals surface area contributed by atoms with E-state index in [1.165, 1.54) is 0 Å². The molecular weight excluding hydrogens is 144 g/mol. The number of hydrogen-bond donors (Lipinski definition) is 0. The molecule has 1 spiro atoms. The van der Waals surface area contributed by atoms with Crippen LogP contribution < -0.4 is 0 Å². The molecule has 0 radical (unpaired) electrons. The molecule has 4 heteroatoms. The van der Waals surface area contributed by atoms with Crippen LogP contribution in [0.2, 0.25) is 0 Å². The molecule has 0 bridgehead atoms. The van der Waals surface area contributed by atoms with E-state index in [2.05, 4.69) is 10.2 Å². The fourth-order valence-corrected chi connectivity index (χ4v) is 1.39.